The maximum atomic E-state index is 13.6. The van der Waals surface area contributed by atoms with Crippen molar-refractivity contribution in [2.24, 2.45) is 17.8 Å². The lowest BCUT2D eigenvalue weighted by atomic mass is 9.63. The first-order valence-corrected chi connectivity index (χ1v) is 11.8. The minimum Gasteiger partial charge on any atom is -0.204 e. The Hall–Kier alpha value is -1.77. The first-order valence-electron chi connectivity index (χ1n) is 11.8. The van der Waals surface area contributed by atoms with E-state index in [0.29, 0.717) is 11.5 Å². The summed E-state index contributed by atoms with van der Waals surface area (Å²) in [4.78, 5) is 0. The summed E-state index contributed by atoms with van der Waals surface area (Å²) >= 11 is 0. The summed E-state index contributed by atoms with van der Waals surface area (Å²) in [5.41, 5.74) is 2.42. The Labute approximate surface area is 178 Å². The van der Waals surface area contributed by atoms with Crippen LogP contribution in [-0.2, 0) is 0 Å². The van der Waals surface area contributed by atoms with E-state index < -0.39 is 17.5 Å². The average molecular weight is 415 g/mol. The summed E-state index contributed by atoms with van der Waals surface area (Å²) < 4.78 is 40.3. The van der Waals surface area contributed by atoms with Gasteiger partial charge in [0.2, 0.25) is 0 Å². The number of hydrogen-bond acceptors (Lipinski definition) is 0. The topological polar surface area (TPSA) is 0 Å². The lowest BCUT2D eigenvalue weighted by Crippen LogP contribution is -2.30. The molecule has 30 heavy (non-hydrogen) atoms. The summed E-state index contributed by atoms with van der Waals surface area (Å²) in [7, 11) is 0. The van der Waals surface area contributed by atoms with Crippen molar-refractivity contribution in [3.8, 4) is 11.1 Å². The van der Waals surface area contributed by atoms with Crippen LogP contribution in [0.4, 0.5) is 13.2 Å². The SMILES string of the molecule is CCCCCC1CC[C@@H]2C[C@H](c3ccc(-c4cc(F)c(F)c(F)c4)cc3)CC[C@@H]2C1. The second-order valence-corrected chi connectivity index (χ2v) is 9.58. The van der Waals surface area contributed by atoms with Crippen LogP contribution in [0, 0.1) is 35.2 Å². The lowest BCUT2D eigenvalue weighted by Gasteiger charge is -2.42. The molecule has 2 aliphatic rings. The van der Waals surface area contributed by atoms with Gasteiger partial charge in [-0.05, 0) is 84.6 Å². The number of fused-ring (bicyclic) bond motifs is 1. The molecule has 2 fully saturated rings. The average Bonchev–Trinajstić information content (AvgIpc) is 2.77. The molecule has 1 unspecified atom stereocenters. The summed E-state index contributed by atoms with van der Waals surface area (Å²) in [6.07, 6.45) is 13.6. The first-order chi connectivity index (χ1) is 14.5. The summed E-state index contributed by atoms with van der Waals surface area (Å²) in [5.74, 6) is -0.399. The Bertz CT molecular complexity index is 819. The molecule has 0 aromatic heterocycles. The van der Waals surface area contributed by atoms with Crippen molar-refractivity contribution in [1.29, 1.82) is 0 Å². The molecule has 0 bridgehead atoms. The number of benzene rings is 2. The van der Waals surface area contributed by atoms with E-state index >= 15 is 0 Å². The van der Waals surface area contributed by atoms with Crippen molar-refractivity contribution >= 4 is 0 Å². The molecular weight excluding hydrogens is 381 g/mol. The monoisotopic (exact) mass is 414 g/mol. The smallest absolute Gasteiger partial charge is 0.194 e. The zero-order valence-electron chi connectivity index (χ0n) is 18.0. The second-order valence-electron chi connectivity index (χ2n) is 9.58. The van der Waals surface area contributed by atoms with Crippen molar-refractivity contribution in [2.75, 3.05) is 0 Å². The van der Waals surface area contributed by atoms with Gasteiger partial charge in [-0.1, -0.05) is 63.3 Å². The van der Waals surface area contributed by atoms with E-state index in [4.69, 9.17) is 0 Å². The molecule has 0 saturated heterocycles. The highest BCUT2D eigenvalue weighted by atomic mass is 19.2. The van der Waals surface area contributed by atoms with E-state index in [9.17, 15) is 13.2 Å². The molecule has 2 aromatic carbocycles. The first kappa shape index (κ1) is 21.5. The minimum atomic E-state index is -1.41. The molecule has 0 heterocycles. The Kier molecular flexibility index (Phi) is 6.85. The molecule has 0 amide bonds. The predicted octanol–water partition coefficient (Wildman–Crippen LogP) is 8.65. The highest BCUT2D eigenvalue weighted by Crippen LogP contribution is 2.48. The second kappa shape index (κ2) is 9.58. The molecular formula is C27H33F3. The molecule has 2 aromatic rings. The Morgan fingerprint density at radius 3 is 2.13 bits per heavy atom. The van der Waals surface area contributed by atoms with Crippen LogP contribution in [0.2, 0.25) is 0 Å². The molecule has 0 radical (unpaired) electrons. The third kappa shape index (κ3) is 4.76. The normalized spacial score (nSPS) is 26.4. The zero-order valence-corrected chi connectivity index (χ0v) is 18.0. The fraction of sp³-hybridized carbons (Fsp3) is 0.556. The maximum Gasteiger partial charge on any atom is 0.194 e. The molecule has 4 rings (SSSR count). The highest BCUT2D eigenvalue weighted by Gasteiger charge is 2.35. The van der Waals surface area contributed by atoms with Gasteiger partial charge in [-0.25, -0.2) is 13.2 Å². The van der Waals surface area contributed by atoms with Crippen molar-refractivity contribution in [3.05, 3.63) is 59.4 Å². The van der Waals surface area contributed by atoms with Crippen molar-refractivity contribution < 1.29 is 13.2 Å². The van der Waals surface area contributed by atoms with Gasteiger partial charge >= 0.3 is 0 Å². The van der Waals surface area contributed by atoms with Crippen LogP contribution in [0.3, 0.4) is 0 Å². The molecule has 4 atom stereocenters. The van der Waals surface area contributed by atoms with E-state index in [1.807, 2.05) is 12.1 Å². The van der Waals surface area contributed by atoms with Crippen LogP contribution in [-0.4, -0.2) is 0 Å². The van der Waals surface area contributed by atoms with E-state index in [-0.39, 0.29) is 0 Å². The minimum absolute atomic E-state index is 0.378. The van der Waals surface area contributed by atoms with E-state index in [1.165, 1.54) is 69.8 Å². The van der Waals surface area contributed by atoms with Crippen LogP contribution in [0.5, 0.6) is 0 Å². The van der Waals surface area contributed by atoms with Gasteiger partial charge in [0.1, 0.15) is 0 Å². The zero-order chi connectivity index (χ0) is 21.1. The van der Waals surface area contributed by atoms with Crippen molar-refractivity contribution in [2.45, 2.75) is 77.0 Å². The molecule has 0 nitrogen and oxygen atoms in total. The molecule has 3 heteroatoms. The van der Waals surface area contributed by atoms with Gasteiger partial charge in [0.15, 0.2) is 17.5 Å². The lowest BCUT2D eigenvalue weighted by molar-refractivity contribution is 0.113. The summed E-state index contributed by atoms with van der Waals surface area (Å²) in [5, 5.41) is 0. The number of hydrogen-bond donors (Lipinski definition) is 0. The van der Waals surface area contributed by atoms with Crippen LogP contribution in [0.25, 0.3) is 11.1 Å². The van der Waals surface area contributed by atoms with Gasteiger partial charge in [0.05, 0.1) is 0 Å². The van der Waals surface area contributed by atoms with Crippen molar-refractivity contribution in [3.63, 3.8) is 0 Å². The third-order valence-electron chi connectivity index (χ3n) is 7.64. The van der Waals surface area contributed by atoms with Gasteiger partial charge in [0.25, 0.3) is 0 Å². The fourth-order valence-electron chi connectivity index (χ4n) is 5.90. The van der Waals surface area contributed by atoms with Gasteiger partial charge < -0.3 is 0 Å². The molecule has 162 valence electrons. The van der Waals surface area contributed by atoms with Gasteiger partial charge in [-0.2, -0.15) is 0 Å². The molecule has 0 N–H and O–H groups in total. The Balaban J connectivity index is 1.37. The van der Waals surface area contributed by atoms with Crippen LogP contribution in [0.15, 0.2) is 36.4 Å². The van der Waals surface area contributed by atoms with Gasteiger partial charge in [-0.15, -0.1) is 0 Å². The summed E-state index contributed by atoms with van der Waals surface area (Å²) in [6, 6.07) is 10.2. The van der Waals surface area contributed by atoms with Crippen LogP contribution >= 0.6 is 0 Å². The fourth-order valence-corrected chi connectivity index (χ4v) is 5.90. The van der Waals surface area contributed by atoms with E-state index in [0.717, 1.165) is 35.4 Å². The molecule has 2 aliphatic carbocycles. The van der Waals surface area contributed by atoms with Crippen LogP contribution < -0.4 is 0 Å². The largest absolute Gasteiger partial charge is 0.204 e. The third-order valence-corrected chi connectivity index (χ3v) is 7.64. The molecule has 0 spiro atoms. The quantitative estimate of drug-likeness (QED) is 0.328. The Morgan fingerprint density at radius 2 is 1.43 bits per heavy atom. The van der Waals surface area contributed by atoms with Gasteiger partial charge in [-0.3, -0.25) is 0 Å². The standard InChI is InChI=1S/C27H33F3/c1-2-3-4-5-18-6-7-23-15-22(13-12-21(23)14-18)19-8-10-20(11-9-19)24-16-25(28)27(30)26(29)17-24/h8-11,16-18,21-23H,2-7,12-15H2,1H3/t18?,21-,22-,23-/m1/s1. The van der Waals surface area contributed by atoms with Gasteiger partial charge in [0, 0.05) is 0 Å². The number of halogens is 3. The molecule has 0 aliphatic heterocycles. The van der Waals surface area contributed by atoms with Crippen molar-refractivity contribution in [1.82, 2.24) is 0 Å². The highest BCUT2D eigenvalue weighted by molar-refractivity contribution is 5.64. The summed E-state index contributed by atoms with van der Waals surface area (Å²) in [6.45, 7) is 2.28. The van der Waals surface area contributed by atoms with E-state index in [2.05, 4.69) is 19.1 Å². The van der Waals surface area contributed by atoms with Crippen LogP contribution in [0.1, 0.15) is 82.6 Å². The predicted molar refractivity (Wildman–Crippen MR) is 117 cm³/mol. The molecule has 2 saturated carbocycles. The maximum absolute atomic E-state index is 13.6. The number of unbranched alkanes of at least 4 members (excludes halogenated alkanes) is 2. The Morgan fingerprint density at radius 1 is 0.767 bits per heavy atom. The van der Waals surface area contributed by atoms with E-state index in [1.54, 1.807) is 0 Å². The number of rotatable bonds is 6.